The van der Waals surface area contributed by atoms with Crippen LogP contribution in [0.5, 0.6) is 0 Å². The summed E-state index contributed by atoms with van der Waals surface area (Å²) in [7, 11) is 0. The number of urea groups is 1. The minimum atomic E-state index is -0.108. The molecular formula is C11H24N2O2. The van der Waals surface area contributed by atoms with Gasteiger partial charge in [0.25, 0.3) is 0 Å². The van der Waals surface area contributed by atoms with Crippen LogP contribution in [-0.2, 0) is 4.74 Å². The molecule has 0 unspecified atom stereocenters. The van der Waals surface area contributed by atoms with Gasteiger partial charge in [-0.1, -0.05) is 13.8 Å². The first-order valence-electron chi connectivity index (χ1n) is 5.65. The summed E-state index contributed by atoms with van der Waals surface area (Å²) in [6.07, 6.45) is 1.23. The fraction of sp³-hybridized carbons (Fsp3) is 0.909. The lowest BCUT2D eigenvalue weighted by Crippen LogP contribution is -2.38. The average molecular weight is 216 g/mol. The molecule has 0 fully saturated rings. The number of nitrogens with one attached hydrogen (secondary N) is 2. The Bertz CT molecular complexity index is 170. The smallest absolute Gasteiger partial charge is 0.314 e. The predicted molar refractivity (Wildman–Crippen MR) is 61.9 cm³/mol. The monoisotopic (exact) mass is 216 g/mol. The quantitative estimate of drug-likeness (QED) is 0.637. The van der Waals surface area contributed by atoms with Crippen molar-refractivity contribution < 1.29 is 9.53 Å². The maximum atomic E-state index is 11.2. The van der Waals surface area contributed by atoms with Gasteiger partial charge in [0.05, 0.1) is 12.7 Å². The summed E-state index contributed by atoms with van der Waals surface area (Å²) in [4.78, 5) is 11.2. The fourth-order valence-electron chi connectivity index (χ4n) is 0.996. The van der Waals surface area contributed by atoms with Gasteiger partial charge in [-0.2, -0.15) is 0 Å². The zero-order valence-electron chi connectivity index (χ0n) is 10.3. The third-order valence-corrected chi connectivity index (χ3v) is 1.85. The fourth-order valence-corrected chi connectivity index (χ4v) is 0.996. The number of amides is 2. The van der Waals surface area contributed by atoms with E-state index in [2.05, 4.69) is 24.5 Å². The maximum absolute atomic E-state index is 11.2. The number of carbonyl (C=O) groups is 1. The van der Waals surface area contributed by atoms with Crippen molar-refractivity contribution in [2.75, 3.05) is 19.7 Å². The van der Waals surface area contributed by atoms with E-state index in [0.29, 0.717) is 19.1 Å². The minimum absolute atomic E-state index is 0.108. The van der Waals surface area contributed by atoms with Crippen molar-refractivity contribution in [3.8, 4) is 0 Å². The Balaban J connectivity index is 3.26. The lowest BCUT2D eigenvalue weighted by molar-refractivity contribution is 0.0817. The van der Waals surface area contributed by atoms with E-state index in [9.17, 15) is 4.79 Å². The summed E-state index contributed by atoms with van der Waals surface area (Å²) < 4.78 is 5.29. The molecule has 15 heavy (non-hydrogen) atoms. The summed E-state index contributed by atoms with van der Waals surface area (Å²) in [5, 5.41) is 5.53. The summed E-state index contributed by atoms with van der Waals surface area (Å²) in [5.74, 6) is 0.620. The number of ether oxygens (including phenoxy) is 1. The van der Waals surface area contributed by atoms with E-state index < -0.39 is 0 Å². The number of rotatable bonds is 7. The minimum Gasteiger partial charge on any atom is -0.377 e. The molecule has 0 aliphatic rings. The van der Waals surface area contributed by atoms with Gasteiger partial charge in [-0.05, 0) is 26.2 Å². The molecule has 0 bridgehead atoms. The molecule has 4 heteroatoms. The van der Waals surface area contributed by atoms with Crippen LogP contribution in [0.4, 0.5) is 4.79 Å². The molecule has 0 aromatic heterocycles. The van der Waals surface area contributed by atoms with Gasteiger partial charge < -0.3 is 15.4 Å². The van der Waals surface area contributed by atoms with Crippen molar-refractivity contribution in [1.82, 2.24) is 10.6 Å². The molecule has 0 heterocycles. The van der Waals surface area contributed by atoms with E-state index in [4.69, 9.17) is 4.74 Å². The van der Waals surface area contributed by atoms with Gasteiger partial charge in [0.1, 0.15) is 0 Å². The number of carbonyl (C=O) groups excluding carboxylic acids is 1. The van der Waals surface area contributed by atoms with E-state index in [1.165, 1.54) is 0 Å². The van der Waals surface area contributed by atoms with Crippen LogP contribution in [-0.4, -0.2) is 31.8 Å². The van der Waals surface area contributed by atoms with Crippen molar-refractivity contribution in [1.29, 1.82) is 0 Å². The lowest BCUT2D eigenvalue weighted by Gasteiger charge is -2.10. The normalized spacial score (nSPS) is 10.8. The van der Waals surface area contributed by atoms with Crippen molar-refractivity contribution in [2.45, 2.75) is 40.2 Å². The molecule has 0 radical (unpaired) electrons. The maximum Gasteiger partial charge on any atom is 0.314 e. The average Bonchev–Trinajstić information content (AvgIpc) is 2.11. The Labute approximate surface area is 92.8 Å². The molecule has 2 N–H and O–H groups in total. The first-order valence-corrected chi connectivity index (χ1v) is 5.65. The van der Waals surface area contributed by atoms with Crippen LogP contribution in [0.3, 0.4) is 0 Å². The highest BCUT2D eigenvalue weighted by atomic mass is 16.5. The van der Waals surface area contributed by atoms with Crippen LogP contribution >= 0.6 is 0 Å². The third-order valence-electron chi connectivity index (χ3n) is 1.85. The molecule has 0 atom stereocenters. The SMILES string of the molecule is CC(C)CCNC(=O)NCCOC(C)C. The molecule has 4 nitrogen and oxygen atoms in total. The predicted octanol–water partition coefficient (Wildman–Crippen LogP) is 1.76. The topological polar surface area (TPSA) is 50.4 Å². The molecule has 0 saturated heterocycles. The Morgan fingerprint density at radius 1 is 1.13 bits per heavy atom. The van der Waals surface area contributed by atoms with Gasteiger partial charge in [0.15, 0.2) is 0 Å². The first kappa shape index (κ1) is 14.2. The third kappa shape index (κ3) is 11.2. The van der Waals surface area contributed by atoms with Crippen LogP contribution in [0.15, 0.2) is 0 Å². The zero-order valence-corrected chi connectivity index (χ0v) is 10.3. The van der Waals surface area contributed by atoms with E-state index in [1.54, 1.807) is 0 Å². The van der Waals surface area contributed by atoms with Crippen LogP contribution < -0.4 is 10.6 Å². The molecule has 90 valence electrons. The highest BCUT2D eigenvalue weighted by molar-refractivity contribution is 5.73. The summed E-state index contributed by atoms with van der Waals surface area (Å²) in [6, 6.07) is -0.108. The second-order valence-electron chi connectivity index (χ2n) is 4.28. The van der Waals surface area contributed by atoms with Crippen molar-refractivity contribution in [2.24, 2.45) is 5.92 Å². The summed E-state index contributed by atoms with van der Waals surface area (Å²) >= 11 is 0. The Kier molecular flexibility index (Phi) is 8.09. The van der Waals surface area contributed by atoms with Gasteiger partial charge in [0.2, 0.25) is 0 Å². The van der Waals surface area contributed by atoms with Crippen molar-refractivity contribution >= 4 is 6.03 Å². The molecule has 0 aliphatic carbocycles. The summed E-state index contributed by atoms with van der Waals surface area (Å²) in [5.41, 5.74) is 0. The number of hydrogen-bond acceptors (Lipinski definition) is 2. The van der Waals surface area contributed by atoms with Gasteiger partial charge >= 0.3 is 6.03 Å². The van der Waals surface area contributed by atoms with E-state index in [1.807, 2.05) is 13.8 Å². The second-order valence-corrected chi connectivity index (χ2v) is 4.28. The van der Waals surface area contributed by atoms with E-state index >= 15 is 0 Å². The van der Waals surface area contributed by atoms with Crippen molar-refractivity contribution in [3.63, 3.8) is 0 Å². The molecular weight excluding hydrogens is 192 g/mol. The molecule has 0 saturated carbocycles. The molecule has 0 aromatic rings. The molecule has 2 amide bonds. The highest BCUT2D eigenvalue weighted by Crippen LogP contribution is 1.95. The van der Waals surface area contributed by atoms with Gasteiger partial charge in [0, 0.05) is 13.1 Å². The first-order chi connectivity index (χ1) is 7.02. The standard InChI is InChI=1S/C11H24N2O2/c1-9(2)5-6-12-11(14)13-7-8-15-10(3)4/h9-10H,5-8H2,1-4H3,(H2,12,13,14). The zero-order chi connectivity index (χ0) is 11.7. The van der Waals surface area contributed by atoms with Gasteiger partial charge in [-0.15, -0.1) is 0 Å². The largest absolute Gasteiger partial charge is 0.377 e. The van der Waals surface area contributed by atoms with Crippen LogP contribution in [0.1, 0.15) is 34.1 Å². The van der Waals surface area contributed by atoms with Gasteiger partial charge in [-0.3, -0.25) is 0 Å². The van der Waals surface area contributed by atoms with Crippen LogP contribution in [0.25, 0.3) is 0 Å². The molecule has 0 aromatic carbocycles. The lowest BCUT2D eigenvalue weighted by atomic mass is 10.1. The summed E-state index contributed by atoms with van der Waals surface area (Å²) in [6.45, 7) is 10.1. The van der Waals surface area contributed by atoms with E-state index in [0.717, 1.165) is 13.0 Å². The molecule has 0 rings (SSSR count). The Morgan fingerprint density at radius 3 is 2.27 bits per heavy atom. The number of hydrogen-bond donors (Lipinski definition) is 2. The Morgan fingerprint density at radius 2 is 1.73 bits per heavy atom. The Hall–Kier alpha value is -0.770. The second kappa shape index (κ2) is 8.53. The van der Waals surface area contributed by atoms with Gasteiger partial charge in [-0.25, -0.2) is 4.79 Å². The van der Waals surface area contributed by atoms with E-state index in [-0.39, 0.29) is 12.1 Å². The van der Waals surface area contributed by atoms with Crippen LogP contribution in [0, 0.1) is 5.92 Å². The molecule has 0 spiro atoms. The van der Waals surface area contributed by atoms with Crippen molar-refractivity contribution in [3.05, 3.63) is 0 Å². The van der Waals surface area contributed by atoms with Crippen LogP contribution in [0.2, 0.25) is 0 Å². The molecule has 0 aliphatic heterocycles. The highest BCUT2D eigenvalue weighted by Gasteiger charge is 2.00.